The molecule has 0 aromatic carbocycles. The third-order valence-electron chi connectivity index (χ3n) is 0.861. The Labute approximate surface area is 42.1 Å². The van der Waals surface area contributed by atoms with Crippen LogP contribution in [0.15, 0.2) is 12.2 Å². The maximum atomic E-state index is 10.2. The summed E-state index contributed by atoms with van der Waals surface area (Å²) < 4.78 is 0. The van der Waals surface area contributed by atoms with Crippen molar-refractivity contribution >= 4 is 5.78 Å². The minimum absolute atomic E-state index is 0. The topological polar surface area (TPSA) is 48.6 Å². The van der Waals surface area contributed by atoms with E-state index in [9.17, 15) is 4.79 Å². The molecular formula is C5H8O2. The smallest absolute Gasteiger partial charge is 0.155 e. The van der Waals surface area contributed by atoms with Crippen LogP contribution in [0.4, 0.5) is 0 Å². The van der Waals surface area contributed by atoms with Crippen molar-refractivity contribution in [3.05, 3.63) is 12.2 Å². The molecule has 0 atom stereocenters. The number of rotatable bonds is 0. The van der Waals surface area contributed by atoms with Crippen LogP contribution in [0.25, 0.3) is 0 Å². The van der Waals surface area contributed by atoms with Crippen molar-refractivity contribution in [3.8, 4) is 0 Å². The van der Waals surface area contributed by atoms with Crippen LogP contribution in [0.3, 0.4) is 0 Å². The first-order valence-electron chi connectivity index (χ1n) is 2.09. The Balaban J connectivity index is 0.000000360. The Bertz CT molecular complexity index is 94.3. The molecule has 2 heteroatoms. The van der Waals surface area contributed by atoms with Crippen LogP contribution >= 0.6 is 0 Å². The summed E-state index contributed by atoms with van der Waals surface area (Å²) in [4.78, 5) is 10.2. The fourth-order valence-electron chi connectivity index (χ4n) is 0.524. The summed E-state index contributed by atoms with van der Waals surface area (Å²) in [5.41, 5.74) is 0. The van der Waals surface area contributed by atoms with E-state index >= 15 is 0 Å². The van der Waals surface area contributed by atoms with E-state index in [1.807, 2.05) is 6.08 Å². The summed E-state index contributed by atoms with van der Waals surface area (Å²) in [6, 6.07) is 0. The first kappa shape index (κ1) is 6.37. The van der Waals surface area contributed by atoms with Gasteiger partial charge in [0.1, 0.15) is 0 Å². The van der Waals surface area contributed by atoms with Gasteiger partial charge in [0.05, 0.1) is 0 Å². The molecule has 0 aliphatic heterocycles. The van der Waals surface area contributed by atoms with Crippen LogP contribution in [-0.4, -0.2) is 11.3 Å². The van der Waals surface area contributed by atoms with Crippen LogP contribution in [0, 0.1) is 0 Å². The van der Waals surface area contributed by atoms with Gasteiger partial charge in [-0.25, -0.2) is 0 Å². The van der Waals surface area contributed by atoms with E-state index in [1.165, 1.54) is 0 Å². The molecule has 7 heavy (non-hydrogen) atoms. The molecule has 0 bridgehead atoms. The molecule has 0 fully saturated rings. The Morgan fingerprint density at radius 3 is 2.43 bits per heavy atom. The van der Waals surface area contributed by atoms with E-state index in [-0.39, 0.29) is 11.3 Å². The van der Waals surface area contributed by atoms with Crippen LogP contribution in [0.1, 0.15) is 12.8 Å². The summed E-state index contributed by atoms with van der Waals surface area (Å²) in [7, 11) is 0. The minimum Gasteiger partial charge on any atom is -0.412 e. The Kier molecular flexibility index (Phi) is 2.30. The van der Waals surface area contributed by atoms with Gasteiger partial charge in [-0.2, -0.15) is 0 Å². The molecule has 0 amide bonds. The van der Waals surface area contributed by atoms with Gasteiger partial charge in [0.15, 0.2) is 5.78 Å². The lowest BCUT2D eigenvalue weighted by molar-refractivity contribution is -0.114. The van der Waals surface area contributed by atoms with Gasteiger partial charge >= 0.3 is 0 Å². The maximum absolute atomic E-state index is 10.2. The second-order valence-electron chi connectivity index (χ2n) is 1.41. The number of hydrogen-bond acceptors (Lipinski definition) is 1. The van der Waals surface area contributed by atoms with Crippen LogP contribution in [0.5, 0.6) is 0 Å². The Morgan fingerprint density at radius 2 is 2.29 bits per heavy atom. The summed E-state index contributed by atoms with van der Waals surface area (Å²) in [6.07, 6.45) is 5.24. The fraction of sp³-hybridized carbons (Fsp3) is 0.400. The van der Waals surface area contributed by atoms with Crippen molar-refractivity contribution in [1.29, 1.82) is 0 Å². The van der Waals surface area contributed by atoms with E-state index in [1.54, 1.807) is 6.08 Å². The predicted octanol–water partition coefficient (Wildman–Crippen LogP) is 0.0808. The Morgan fingerprint density at radius 1 is 1.57 bits per heavy atom. The standard InChI is InChI=1S/C5H6O.H2O/c6-5-3-1-2-4-5;/h1,3H,2,4H2;1H2. The zero-order valence-electron chi connectivity index (χ0n) is 3.98. The number of carbonyl (C=O) groups excluding carboxylic acids is 1. The zero-order chi connectivity index (χ0) is 4.41. The molecule has 0 saturated carbocycles. The van der Waals surface area contributed by atoms with Gasteiger partial charge in [0.25, 0.3) is 0 Å². The number of carbonyl (C=O) groups is 1. The van der Waals surface area contributed by atoms with Crippen molar-refractivity contribution in [2.45, 2.75) is 12.8 Å². The van der Waals surface area contributed by atoms with Gasteiger partial charge in [-0.05, 0) is 12.5 Å². The van der Waals surface area contributed by atoms with Crippen molar-refractivity contribution in [3.63, 3.8) is 0 Å². The van der Waals surface area contributed by atoms with Crippen LogP contribution in [-0.2, 0) is 4.79 Å². The summed E-state index contributed by atoms with van der Waals surface area (Å²) in [5, 5.41) is 0. The van der Waals surface area contributed by atoms with Gasteiger partial charge in [-0.15, -0.1) is 0 Å². The predicted molar refractivity (Wildman–Crippen MR) is 27.0 cm³/mol. The summed E-state index contributed by atoms with van der Waals surface area (Å²) in [6.45, 7) is 0. The molecule has 2 nitrogen and oxygen atoms in total. The number of allylic oxidation sites excluding steroid dienone is 2. The van der Waals surface area contributed by atoms with Gasteiger partial charge in [-0.1, -0.05) is 6.08 Å². The molecule has 0 saturated heterocycles. The quantitative estimate of drug-likeness (QED) is 0.425. The lowest BCUT2D eigenvalue weighted by atomic mass is 10.3. The average Bonchev–Trinajstić information content (AvgIpc) is 1.86. The normalized spacial score (nSPS) is 16.9. The van der Waals surface area contributed by atoms with Crippen LogP contribution < -0.4 is 0 Å². The molecule has 0 aromatic heterocycles. The van der Waals surface area contributed by atoms with Crippen molar-refractivity contribution in [2.24, 2.45) is 0 Å². The largest absolute Gasteiger partial charge is 0.412 e. The van der Waals surface area contributed by atoms with Crippen molar-refractivity contribution < 1.29 is 10.3 Å². The van der Waals surface area contributed by atoms with Gasteiger partial charge in [0, 0.05) is 6.42 Å². The zero-order valence-corrected chi connectivity index (χ0v) is 3.98. The molecular weight excluding hydrogens is 92.1 g/mol. The lowest BCUT2D eigenvalue weighted by Gasteiger charge is -1.71. The molecule has 0 heterocycles. The molecule has 0 spiro atoms. The van der Waals surface area contributed by atoms with E-state index < -0.39 is 0 Å². The number of hydrogen-bond donors (Lipinski definition) is 0. The van der Waals surface area contributed by atoms with Gasteiger partial charge in [-0.3, -0.25) is 4.79 Å². The molecule has 1 aliphatic rings. The highest BCUT2D eigenvalue weighted by atomic mass is 16.1. The maximum Gasteiger partial charge on any atom is 0.155 e. The molecule has 0 unspecified atom stereocenters. The fourth-order valence-corrected chi connectivity index (χ4v) is 0.524. The second kappa shape index (κ2) is 2.53. The summed E-state index contributed by atoms with van der Waals surface area (Å²) in [5.74, 6) is 0.273. The van der Waals surface area contributed by atoms with Gasteiger partial charge in [0.2, 0.25) is 0 Å². The highest BCUT2D eigenvalue weighted by Gasteiger charge is 1.98. The van der Waals surface area contributed by atoms with Crippen LogP contribution in [0.2, 0.25) is 0 Å². The molecule has 1 rings (SSSR count). The third kappa shape index (κ3) is 1.50. The lowest BCUT2D eigenvalue weighted by Crippen LogP contribution is -1.80. The molecule has 2 N–H and O–H groups in total. The second-order valence-corrected chi connectivity index (χ2v) is 1.41. The van der Waals surface area contributed by atoms with E-state index in [4.69, 9.17) is 0 Å². The molecule has 0 radical (unpaired) electrons. The van der Waals surface area contributed by atoms with Crippen molar-refractivity contribution in [2.75, 3.05) is 0 Å². The SMILES string of the molecule is O.O=C1C=CCC1. The van der Waals surface area contributed by atoms with Gasteiger partial charge < -0.3 is 5.48 Å². The van der Waals surface area contributed by atoms with E-state index in [0.717, 1.165) is 12.8 Å². The van der Waals surface area contributed by atoms with Crippen molar-refractivity contribution in [1.82, 2.24) is 0 Å². The highest BCUT2D eigenvalue weighted by molar-refractivity contribution is 5.91. The highest BCUT2D eigenvalue weighted by Crippen LogP contribution is 2.01. The first-order chi connectivity index (χ1) is 2.89. The Hall–Kier alpha value is -0.630. The third-order valence-corrected chi connectivity index (χ3v) is 0.861. The number of ketones is 1. The minimum atomic E-state index is 0. The monoisotopic (exact) mass is 100 g/mol. The molecule has 40 valence electrons. The summed E-state index contributed by atoms with van der Waals surface area (Å²) >= 11 is 0. The average molecular weight is 100 g/mol. The van der Waals surface area contributed by atoms with E-state index in [0.29, 0.717) is 0 Å². The van der Waals surface area contributed by atoms with E-state index in [2.05, 4.69) is 0 Å². The first-order valence-corrected chi connectivity index (χ1v) is 2.09. The molecule has 1 aliphatic carbocycles. The molecule has 0 aromatic rings.